The van der Waals surface area contributed by atoms with Crippen LogP contribution in [-0.4, -0.2) is 6.71 Å². The fourth-order valence-electron chi connectivity index (χ4n) is 12.3. The number of ether oxygens (including phenoxy) is 1. The van der Waals surface area contributed by atoms with Gasteiger partial charge in [-0.25, -0.2) is 0 Å². The highest BCUT2D eigenvalue weighted by Gasteiger charge is 2.39. The van der Waals surface area contributed by atoms with Crippen LogP contribution in [0.25, 0.3) is 76.1 Å². The molecule has 0 unspecified atom stereocenters. The van der Waals surface area contributed by atoms with Crippen molar-refractivity contribution in [1.82, 2.24) is 0 Å². The van der Waals surface area contributed by atoms with Crippen LogP contribution in [0.5, 0.6) is 11.5 Å². The lowest BCUT2D eigenvalue weighted by atomic mass is 9.35. The Labute approximate surface area is 402 Å². The summed E-state index contributed by atoms with van der Waals surface area (Å²) >= 11 is 0. The number of hydrogen-bond acceptors (Lipinski definition) is 2. The molecule has 0 aromatic heterocycles. The lowest BCUT2D eigenvalue weighted by Crippen LogP contribution is -2.53. The van der Waals surface area contributed by atoms with E-state index in [0.717, 1.165) is 33.8 Å². The van der Waals surface area contributed by atoms with Gasteiger partial charge in [0.2, 0.25) is 6.71 Å². The van der Waals surface area contributed by atoms with Crippen molar-refractivity contribution in [3.63, 3.8) is 0 Å². The SMILES string of the molecule is Cc1ccccc1B(c1cccc2ccccc12)c1cc2c3cccc4c3c(cc2c2ccccc12)-c1ccc(N(c2ccc3ccccc3c2)c2cccc3c2C(C)(C)c2ccccc2-3)cc1O4. The molecule has 12 aromatic rings. The van der Waals surface area contributed by atoms with Crippen molar-refractivity contribution in [3.8, 4) is 33.8 Å². The van der Waals surface area contributed by atoms with Gasteiger partial charge in [0.1, 0.15) is 11.5 Å². The van der Waals surface area contributed by atoms with Crippen molar-refractivity contribution in [2.75, 3.05) is 4.90 Å². The average molecular weight is 880 g/mol. The lowest BCUT2D eigenvalue weighted by molar-refractivity contribution is 0.487. The van der Waals surface area contributed by atoms with Crippen LogP contribution < -0.4 is 26.0 Å². The molecular formula is C66H46BNO. The summed E-state index contributed by atoms with van der Waals surface area (Å²) < 4.78 is 7.16. The third-order valence-electron chi connectivity index (χ3n) is 15.5. The first-order valence-corrected chi connectivity index (χ1v) is 24.2. The van der Waals surface area contributed by atoms with Gasteiger partial charge in [-0.05, 0) is 126 Å². The van der Waals surface area contributed by atoms with E-state index in [1.165, 1.54) is 104 Å². The zero-order valence-electron chi connectivity index (χ0n) is 38.8. The molecule has 2 aliphatic rings. The van der Waals surface area contributed by atoms with Crippen LogP contribution >= 0.6 is 0 Å². The van der Waals surface area contributed by atoms with Gasteiger partial charge in [0.25, 0.3) is 0 Å². The number of nitrogens with zero attached hydrogens (tertiary/aromatic N) is 1. The number of anilines is 3. The van der Waals surface area contributed by atoms with Gasteiger partial charge >= 0.3 is 0 Å². The Morgan fingerprint density at radius 2 is 1.03 bits per heavy atom. The van der Waals surface area contributed by atoms with E-state index < -0.39 is 0 Å². The standard InChI is InChI=1S/C66H46BNO/c1-41-17-4-13-29-58(41)67(59-30-14-21-43-19-7-8-22-47(43)59)60-40-55-52-26-16-32-62-64(52)56(39-54(55)48-23-9-10-25-50(48)60)51-36-35-46(38-63(51)69-62)68(45-34-33-42-18-5-6-20-44(42)37-45)61-31-15-27-53-49-24-11-12-28-57(49)66(2,3)65(53)61/h4-40H,1-3H3. The van der Waals surface area contributed by atoms with E-state index in [0.29, 0.717) is 0 Å². The molecule has 0 atom stereocenters. The van der Waals surface area contributed by atoms with Gasteiger partial charge in [0.05, 0.1) is 5.69 Å². The number of rotatable bonds is 6. The van der Waals surface area contributed by atoms with Crippen LogP contribution in [0.1, 0.15) is 30.5 Å². The molecule has 2 nitrogen and oxygen atoms in total. The van der Waals surface area contributed by atoms with Crippen molar-refractivity contribution >= 4 is 94.0 Å². The van der Waals surface area contributed by atoms with E-state index >= 15 is 0 Å². The van der Waals surface area contributed by atoms with E-state index in [9.17, 15) is 0 Å². The summed E-state index contributed by atoms with van der Waals surface area (Å²) in [6.45, 7) is 7.00. The fourth-order valence-corrected chi connectivity index (χ4v) is 12.3. The van der Waals surface area contributed by atoms with Crippen molar-refractivity contribution < 1.29 is 4.74 Å². The highest BCUT2D eigenvalue weighted by atomic mass is 16.5. The molecule has 324 valence electrons. The number of aryl methyl sites for hydroxylation is 1. The van der Waals surface area contributed by atoms with Crippen LogP contribution in [0.3, 0.4) is 0 Å². The van der Waals surface area contributed by atoms with Crippen LogP contribution in [-0.2, 0) is 5.41 Å². The Bertz CT molecular complexity index is 4120. The maximum atomic E-state index is 7.16. The molecular weight excluding hydrogens is 834 g/mol. The monoisotopic (exact) mass is 879 g/mol. The van der Waals surface area contributed by atoms with Crippen LogP contribution in [0, 0.1) is 6.92 Å². The average Bonchev–Trinajstić information content (AvgIpc) is 3.63. The minimum absolute atomic E-state index is 0.00366. The molecule has 0 amide bonds. The largest absolute Gasteiger partial charge is 0.456 e. The predicted octanol–water partition coefficient (Wildman–Crippen LogP) is 15.8. The summed E-state index contributed by atoms with van der Waals surface area (Å²) in [6.07, 6.45) is 0. The van der Waals surface area contributed by atoms with Gasteiger partial charge in [-0.2, -0.15) is 0 Å². The number of benzene rings is 12. The minimum atomic E-state index is -0.213. The van der Waals surface area contributed by atoms with Gasteiger partial charge in [-0.15, -0.1) is 0 Å². The van der Waals surface area contributed by atoms with Gasteiger partial charge in [0.15, 0.2) is 0 Å². The molecule has 0 saturated heterocycles. The molecule has 1 aliphatic carbocycles. The third-order valence-corrected chi connectivity index (χ3v) is 15.5. The van der Waals surface area contributed by atoms with Gasteiger partial charge in [0, 0.05) is 33.8 Å². The first-order valence-electron chi connectivity index (χ1n) is 24.2. The predicted molar refractivity (Wildman–Crippen MR) is 294 cm³/mol. The molecule has 69 heavy (non-hydrogen) atoms. The van der Waals surface area contributed by atoms with Crippen molar-refractivity contribution in [1.29, 1.82) is 0 Å². The molecule has 0 bridgehead atoms. The fraction of sp³-hybridized carbons (Fsp3) is 0.0606. The number of hydrogen-bond donors (Lipinski definition) is 0. The summed E-state index contributed by atoms with van der Waals surface area (Å²) in [5, 5.41) is 12.3. The van der Waals surface area contributed by atoms with Gasteiger partial charge < -0.3 is 9.64 Å². The van der Waals surface area contributed by atoms with Gasteiger partial charge in [-0.1, -0.05) is 212 Å². The van der Waals surface area contributed by atoms with Crippen LogP contribution in [0.4, 0.5) is 17.1 Å². The third kappa shape index (κ3) is 5.93. The van der Waals surface area contributed by atoms with E-state index in [1.54, 1.807) is 0 Å². The molecule has 0 saturated carbocycles. The molecule has 0 radical (unpaired) electrons. The van der Waals surface area contributed by atoms with E-state index in [1.807, 2.05) is 0 Å². The molecule has 14 rings (SSSR count). The molecule has 12 aromatic carbocycles. The summed E-state index contributed by atoms with van der Waals surface area (Å²) in [5.74, 6) is 1.73. The maximum Gasteiger partial charge on any atom is 0.243 e. The molecule has 0 N–H and O–H groups in total. The van der Waals surface area contributed by atoms with E-state index in [4.69, 9.17) is 4.74 Å². The summed E-state index contributed by atoms with van der Waals surface area (Å²) in [4.78, 5) is 2.45. The Morgan fingerprint density at radius 3 is 1.91 bits per heavy atom. The van der Waals surface area contributed by atoms with Gasteiger partial charge in [-0.3, -0.25) is 0 Å². The Morgan fingerprint density at radius 1 is 0.391 bits per heavy atom. The summed E-state index contributed by atoms with van der Waals surface area (Å²) in [7, 11) is 0. The second-order valence-corrected chi connectivity index (χ2v) is 19.6. The van der Waals surface area contributed by atoms with Crippen molar-refractivity contribution in [2.24, 2.45) is 0 Å². The second kappa shape index (κ2) is 15.1. The lowest BCUT2D eigenvalue weighted by Gasteiger charge is -2.33. The number of fused-ring (bicyclic) bond motifs is 11. The van der Waals surface area contributed by atoms with Crippen LogP contribution in [0.15, 0.2) is 224 Å². The summed E-state index contributed by atoms with van der Waals surface area (Å²) in [6, 6.07) is 83.2. The molecule has 0 fully saturated rings. The smallest absolute Gasteiger partial charge is 0.243 e. The normalized spacial score (nSPS) is 13.1. The summed E-state index contributed by atoms with van der Waals surface area (Å²) in [5.41, 5.74) is 15.9. The Kier molecular flexibility index (Phi) is 8.67. The molecule has 0 spiro atoms. The first-order chi connectivity index (χ1) is 33.9. The van der Waals surface area contributed by atoms with Crippen molar-refractivity contribution in [3.05, 3.63) is 241 Å². The zero-order chi connectivity index (χ0) is 46.0. The van der Waals surface area contributed by atoms with E-state index in [-0.39, 0.29) is 12.1 Å². The highest BCUT2D eigenvalue weighted by molar-refractivity contribution is 6.98. The van der Waals surface area contributed by atoms with Crippen LogP contribution in [0.2, 0.25) is 0 Å². The quantitative estimate of drug-likeness (QED) is 0.122. The maximum absolute atomic E-state index is 7.16. The molecule has 3 heteroatoms. The van der Waals surface area contributed by atoms with Crippen molar-refractivity contribution in [2.45, 2.75) is 26.2 Å². The Hall–Kier alpha value is -8.40. The first kappa shape index (κ1) is 39.7. The molecule has 1 heterocycles. The minimum Gasteiger partial charge on any atom is -0.456 e. The zero-order valence-corrected chi connectivity index (χ0v) is 38.8. The Balaban J connectivity index is 0.984. The highest BCUT2D eigenvalue weighted by Crippen LogP contribution is 2.56. The van der Waals surface area contributed by atoms with E-state index in [2.05, 4.69) is 250 Å². The topological polar surface area (TPSA) is 12.5 Å². The molecule has 1 aliphatic heterocycles. The second-order valence-electron chi connectivity index (χ2n) is 19.6.